The van der Waals surface area contributed by atoms with Gasteiger partial charge in [-0.3, -0.25) is 14.2 Å². The molecule has 0 bridgehead atoms. The Kier molecular flexibility index (Phi) is 10.2. The lowest BCUT2D eigenvalue weighted by atomic mass is 10.0. The third-order valence-corrected chi connectivity index (χ3v) is 7.24. The van der Waals surface area contributed by atoms with Gasteiger partial charge in [0.1, 0.15) is 17.1 Å². The lowest BCUT2D eigenvalue weighted by molar-refractivity contribution is -0.114. The molecular formula is C31H33Cl2N5O4. The van der Waals surface area contributed by atoms with Crippen LogP contribution in [-0.4, -0.2) is 66.6 Å². The van der Waals surface area contributed by atoms with Gasteiger partial charge in [0.25, 0.3) is 5.56 Å². The van der Waals surface area contributed by atoms with E-state index in [9.17, 15) is 9.59 Å². The maximum Gasteiger partial charge on any atom is 0.260 e. The Hall–Kier alpha value is -3.92. The van der Waals surface area contributed by atoms with E-state index in [1.807, 2.05) is 56.3 Å². The average molecular weight is 611 g/mol. The lowest BCUT2D eigenvalue weighted by Crippen LogP contribution is -2.24. The highest BCUT2D eigenvalue weighted by Crippen LogP contribution is 2.45. The molecule has 42 heavy (non-hydrogen) atoms. The number of hydrogen-bond acceptors (Lipinski definition) is 8. The molecule has 2 aromatic carbocycles. The Bertz CT molecular complexity index is 1670. The largest absolute Gasteiger partial charge is 0.495 e. The van der Waals surface area contributed by atoms with E-state index in [-0.39, 0.29) is 45.5 Å². The smallest absolute Gasteiger partial charge is 0.260 e. The first kappa shape index (κ1) is 31.0. The fourth-order valence-electron chi connectivity index (χ4n) is 4.53. The van der Waals surface area contributed by atoms with Crippen molar-refractivity contribution < 1.29 is 14.3 Å². The van der Waals surface area contributed by atoms with Crippen LogP contribution in [0.2, 0.25) is 10.0 Å². The Morgan fingerprint density at radius 3 is 2.40 bits per heavy atom. The number of pyridine rings is 1. The summed E-state index contributed by atoms with van der Waals surface area (Å²) in [4.78, 5) is 37.8. The van der Waals surface area contributed by atoms with Crippen molar-refractivity contribution in [2.45, 2.75) is 19.9 Å². The van der Waals surface area contributed by atoms with Gasteiger partial charge in [-0.2, -0.15) is 4.98 Å². The number of ketones is 1. The third kappa shape index (κ3) is 6.92. The van der Waals surface area contributed by atoms with Crippen molar-refractivity contribution in [1.82, 2.24) is 19.4 Å². The molecule has 0 aliphatic heterocycles. The van der Waals surface area contributed by atoms with Crippen LogP contribution in [0.15, 0.2) is 59.5 Å². The van der Waals surface area contributed by atoms with E-state index < -0.39 is 0 Å². The summed E-state index contributed by atoms with van der Waals surface area (Å²) >= 11 is 13.4. The second-order valence-electron chi connectivity index (χ2n) is 9.86. The standard InChI is InChI=1S/C31H33Cl2N5O4/c1-6-34-31-35-17-21-15-23(26-27(32)24(41-4)16-25(42-5)28(26)33)30(40)38(29(21)36-31)18-20-10-7-9-19(13-20)14-22(39)11-8-12-37(2)3/h7-11,13,15-17H,6,12,14,18H2,1-5H3,(H,34,35,36)/b11-8+. The molecule has 9 nitrogen and oxygen atoms in total. The highest BCUT2D eigenvalue weighted by Gasteiger charge is 2.23. The second kappa shape index (κ2) is 13.8. The summed E-state index contributed by atoms with van der Waals surface area (Å²) in [6, 6.07) is 10.8. The number of nitrogens with one attached hydrogen (secondary N) is 1. The average Bonchev–Trinajstić information content (AvgIpc) is 2.95. The van der Waals surface area contributed by atoms with Crippen molar-refractivity contribution >= 4 is 46.0 Å². The fraction of sp³-hybridized carbons (Fsp3) is 0.290. The predicted octanol–water partition coefficient (Wildman–Crippen LogP) is 5.49. The van der Waals surface area contributed by atoms with E-state index in [0.717, 1.165) is 11.1 Å². The van der Waals surface area contributed by atoms with Crippen molar-refractivity contribution in [2.24, 2.45) is 0 Å². The Morgan fingerprint density at radius 2 is 1.76 bits per heavy atom. The maximum atomic E-state index is 14.2. The molecule has 0 unspecified atom stereocenters. The number of rotatable bonds is 12. The van der Waals surface area contributed by atoms with Crippen LogP contribution >= 0.6 is 23.2 Å². The van der Waals surface area contributed by atoms with Gasteiger partial charge in [-0.1, -0.05) is 53.5 Å². The number of ether oxygens (including phenoxy) is 2. The van der Waals surface area contributed by atoms with Crippen LogP contribution in [0.5, 0.6) is 11.5 Å². The molecule has 220 valence electrons. The van der Waals surface area contributed by atoms with Gasteiger partial charge in [-0.15, -0.1) is 0 Å². The number of hydrogen-bond donors (Lipinski definition) is 1. The first-order chi connectivity index (χ1) is 20.2. The zero-order valence-electron chi connectivity index (χ0n) is 24.2. The fourth-order valence-corrected chi connectivity index (χ4v) is 5.23. The molecule has 0 fully saturated rings. The molecule has 4 rings (SSSR count). The number of halogens is 2. The molecule has 0 atom stereocenters. The number of nitrogens with zero attached hydrogens (tertiary/aromatic N) is 4. The van der Waals surface area contributed by atoms with Crippen molar-refractivity contribution in [3.63, 3.8) is 0 Å². The summed E-state index contributed by atoms with van der Waals surface area (Å²) in [5.74, 6) is 1.02. The molecule has 0 spiro atoms. The summed E-state index contributed by atoms with van der Waals surface area (Å²) in [5, 5.41) is 4.07. The number of benzene rings is 2. The van der Waals surface area contributed by atoms with E-state index in [1.165, 1.54) is 14.2 Å². The third-order valence-electron chi connectivity index (χ3n) is 6.49. The predicted molar refractivity (Wildman–Crippen MR) is 168 cm³/mol. The highest BCUT2D eigenvalue weighted by molar-refractivity contribution is 6.41. The van der Waals surface area contributed by atoms with Gasteiger partial charge in [-0.25, -0.2) is 4.98 Å². The van der Waals surface area contributed by atoms with Crippen LogP contribution < -0.4 is 20.3 Å². The highest BCUT2D eigenvalue weighted by atomic mass is 35.5. The van der Waals surface area contributed by atoms with Gasteiger partial charge in [0.15, 0.2) is 5.78 Å². The minimum absolute atomic E-state index is 0.00195. The van der Waals surface area contributed by atoms with Crippen LogP contribution in [0.4, 0.5) is 5.95 Å². The molecule has 0 aliphatic rings. The van der Waals surface area contributed by atoms with Crippen molar-refractivity contribution in [1.29, 1.82) is 0 Å². The molecule has 0 aliphatic carbocycles. The van der Waals surface area contributed by atoms with Crippen molar-refractivity contribution in [3.05, 3.63) is 86.3 Å². The summed E-state index contributed by atoms with van der Waals surface area (Å²) in [6.45, 7) is 3.41. The topological polar surface area (TPSA) is 98.6 Å². The van der Waals surface area contributed by atoms with E-state index >= 15 is 0 Å². The van der Waals surface area contributed by atoms with Crippen LogP contribution in [0.25, 0.3) is 22.2 Å². The second-order valence-corrected chi connectivity index (χ2v) is 10.6. The molecule has 0 saturated carbocycles. The lowest BCUT2D eigenvalue weighted by Gasteiger charge is -2.17. The van der Waals surface area contributed by atoms with Crippen molar-refractivity contribution in [2.75, 3.05) is 46.7 Å². The Morgan fingerprint density at radius 1 is 1.07 bits per heavy atom. The van der Waals surface area contributed by atoms with E-state index in [4.69, 9.17) is 32.7 Å². The number of anilines is 1. The summed E-state index contributed by atoms with van der Waals surface area (Å²) in [7, 11) is 6.83. The van der Waals surface area contributed by atoms with E-state index in [1.54, 1.807) is 29.0 Å². The Labute approximate surface area is 254 Å². The molecular weight excluding hydrogens is 577 g/mol. The number of carbonyl (C=O) groups is 1. The Balaban J connectivity index is 1.85. The van der Waals surface area contributed by atoms with Gasteiger partial charge in [0.2, 0.25) is 5.95 Å². The monoisotopic (exact) mass is 609 g/mol. The van der Waals surface area contributed by atoms with E-state index in [0.29, 0.717) is 41.6 Å². The van der Waals surface area contributed by atoms with Crippen LogP contribution in [-0.2, 0) is 17.8 Å². The first-order valence-electron chi connectivity index (χ1n) is 13.3. The number of allylic oxidation sites excluding steroid dienone is 1. The molecule has 2 heterocycles. The molecule has 1 N–H and O–H groups in total. The van der Waals surface area contributed by atoms with Gasteiger partial charge in [-0.05, 0) is 44.3 Å². The molecule has 0 saturated heterocycles. The minimum atomic E-state index is -0.365. The van der Waals surface area contributed by atoms with Crippen LogP contribution in [0.1, 0.15) is 18.1 Å². The molecule has 2 aromatic heterocycles. The zero-order chi connectivity index (χ0) is 30.4. The quantitative estimate of drug-likeness (QED) is 0.210. The molecule has 0 amide bonds. The maximum absolute atomic E-state index is 14.2. The van der Waals surface area contributed by atoms with Gasteiger partial charge in [0, 0.05) is 42.7 Å². The van der Waals surface area contributed by atoms with Crippen LogP contribution in [0, 0.1) is 0 Å². The number of methoxy groups -OCH3 is 2. The molecule has 0 radical (unpaired) electrons. The summed E-state index contributed by atoms with van der Waals surface area (Å²) in [5.41, 5.74) is 2.26. The zero-order valence-corrected chi connectivity index (χ0v) is 25.7. The normalized spacial score (nSPS) is 11.4. The summed E-state index contributed by atoms with van der Waals surface area (Å²) in [6.07, 6.45) is 5.33. The number of aromatic nitrogens is 3. The number of likely N-dealkylation sites (N-methyl/N-ethyl adjacent to an activating group) is 1. The van der Waals surface area contributed by atoms with Gasteiger partial charge < -0.3 is 19.7 Å². The first-order valence-corrected chi connectivity index (χ1v) is 14.1. The van der Waals surface area contributed by atoms with Crippen LogP contribution in [0.3, 0.4) is 0 Å². The summed E-state index contributed by atoms with van der Waals surface area (Å²) < 4.78 is 12.4. The number of carbonyl (C=O) groups excluding carboxylic acids is 1. The van der Waals surface area contributed by atoms with Gasteiger partial charge >= 0.3 is 0 Å². The van der Waals surface area contributed by atoms with E-state index in [2.05, 4.69) is 15.3 Å². The number of fused-ring (bicyclic) bond motifs is 1. The molecule has 11 heteroatoms. The minimum Gasteiger partial charge on any atom is -0.495 e. The van der Waals surface area contributed by atoms with Crippen molar-refractivity contribution in [3.8, 4) is 22.6 Å². The van der Waals surface area contributed by atoms with Gasteiger partial charge in [0.05, 0.1) is 36.4 Å². The SMILES string of the molecule is CCNc1ncc2cc(-c3c(Cl)c(OC)cc(OC)c3Cl)c(=O)n(Cc3cccc(CC(=O)/C=C/CN(C)C)c3)c2n1. The molecule has 4 aromatic rings.